The summed E-state index contributed by atoms with van der Waals surface area (Å²) >= 11 is 5.88. The highest BCUT2D eigenvalue weighted by molar-refractivity contribution is 7.89. The van der Waals surface area contributed by atoms with Crippen molar-refractivity contribution in [3.8, 4) is 0 Å². The Balaban J connectivity index is 1.50. The molecule has 0 saturated carbocycles. The summed E-state index contributed by atoms with van der Waals surface area (Å²) in [7, 11) is -3.54. The molecule has 3 rings (SSSR count). The lowest BCUT2D eigenvalue weighted by atomic mass is 10.1. The van der Waals surface area contributed by atoms with Gasteiger partial charge in [0.2, 0.25) is 10.0 Å². The number of ether oxygens (including phenoxy) is 1. The molecule has 2 N–H and O–H groups in total. The predicted molar refractivity (Wildman–Crippen MR) is 118 cm³/mol. The van der Waals surface area contributed by atoms with E-state index in [1.807, 2.05) is 0 Å². The SMILES string of the molecule is Cc1cc(Cl)ccc1NC(=O)C(=O)NCCc1ccc(S(=O)(=O)N2CCOCC2)cc1. The van der Waals surface area contributed by atoms with Gasteiger partial charge in [-0.2, -0.15) is 4.31 Å². The van der Waals surface area contributed by atoms with Crippen LogP contribution < -0.4 is 10.6 Å². The summed E-state index contributed by atoms with van der Waals surface area (Å²) in [5.41, 5.74) is 2.11. The summed E-state index contributed by atoms with van der Waals surface area (Å²) in [5.74, 6) is -1.52. The van der Waals surface area contributed by atoms with Crippen molar-refractivity contribution in [3.63, 3.8) is 0 Å². The minimum absolute atomic E-state index is 0.222. The number of anilines is 1. The summed E-state index contributed by atoms with van der Waals surface area (Å²) in [4.78, 5) is 24.3. The summed E-state index contributed by atoms with van der Waals surface area (Å²) in [6.45, 7) is 3.48. The third kappa shape index (κ3) is 6.04. The first-order chi connectivity index (χ1) is 14.8. The first-order valence-corrected chi connectivity index (χ1v) is 11.6. The maximum Gasteiger partial charge on any atom is 0.313 e. The minimum Gasteiger partial charge on any atom is -0.379 e. The van der Waals surface area contributed by atoms with Gasteiger partial charge in [-0.3, -0.25) is 9.59 Å². The zero-order chi connectivity index (χ0) is 22.4. The van der Waals surface area contributed by atoms with Crippen molar-refractivity contribution in [2.45, 2.75) is 18.2 Å². The number of halogens is 1. The second-order valence-corrected chi connectivity index (χ2v) is 9.45. The number of nitrogens with one attached hydrogen (secondary N) is 2. The average molecular weight is 466 g/mol. The normalized spacial score (nSPS) is 14.8. The van der Waals surface area contributed by atoms with Crippen LogP contribution in [0.1, 0.15) is 11.1 Å². The highest BCUT2D eigenvalue weighted by atomic mass is 35.5. The Morgan fingerprint density at radius 1 is 1.06 bits per heavy atom. The largest absolute Gasteiger partial charge is 0.379 e. The summed E-state index contributed by atoms with van der Waals surface area (Å²) < 4.78 is 31.9. The second-order valence-electron chi connectivity index (χ2n) is 7.08. The number of morpholine rings is 1. The van der Waals surface area contributed by atoms with E-state index in [0.29, 0.717) is 43.4 Å². The van der Waals surface area contributed by atoms with Crippen molar-refractivity contribution in [1.29, 1.82) is 0 Å². The van der Waals surface area contributed by atoms with E-state index in [1.165, 1.54) is 4.31 Å². The molecule has 2 aromatic rings. The van der Waals surface area contributed by atoms with Crippen LogP contribution in [0.25, 0.3) is 0 Å². The zero-order valence-electron chi connectivity index (χ0n) is 17.1. The van der Waals surface area contributed by atoms with Gasteiger partial charge < -0.3 is 15.4 Å². The highest BCUT2D eigenvalue weighted by Gasteiger charge is 2.26. The Hall–Kier alpha value is -2.46. The van der Waals surface area contributed by atoms with Gasteiger partial charge in [0, 0.05) is 30.3 Å². The van der Waals surface area contributed by atoms with Crippen LogP contribution in [-0.4, -0.2) is 57.4 Å². The van der Waals surface area contributed by atoms with Gasteiger partial charge in [0.1, 0.15) is 0 Å². The quantitative estimate of drug-likeness (QED) is 0.634. The molecule has 0 aromatic heterocycles. The van der Waals surface area contributed by atoms with Crippen molar-refractivity contribution in [1.82, 2.24) is 9.62 Å². The summed E-state index contributed by atoms with van der Waals surface area (Å²) in [6, 6.07) is 11.5. The first kappa shape index (κ1) is 23.2. The standard InChI is InChI=1S/C21H24ClN3O5S/c1-15-14-17(22)4-7-19(15)24-21(27)20(26)23-9-8-16-2-5-18(6-3-16)31(28,29)25-10-12-30-13-11-25/h2-7,14H,8-13H2,1H3,(H,23,26)(H,24,27). The van der Waals surface area contributed by atoms with E-state index in [4.69, 9.17) is 16.3 Å². The third-order valence-corrected chi connectivity index (χ3v) is 7.02. The van der Waals surface area contributed by atoms with E-state index in [1.54, 1.807) is 49.4 Å². The molecule has 0 aliphatic carbocycles. The van der Waals surface area contributed by atoms with Crippen molar-refractivity contribution in [2.24, 2.45) is 0 Å². The molecular formula is C21H24ClN3O5S. The van der Waals surface area contributed by atoms with Crippen molar-refractivity contribution >= 4 is 39.1 Å². The molecule has 0 spiro atoms. The zero-order valence-corrected chi connectivity index (χ0v) is 18.6. The minimum atomic E-state index is -3.54. The van der Waals surface area contributed by atoms with E-state index >= 15 is 0 Å². The van der Waals surface area contributed by atoms with Crippen LogP contribution in [0.2, 0.25) is 5.02 Å². The van der Waals surface area contributed by atoms with Gasteiger partial charge >= 0.3 is 11.8 Å². The maximum absolute atomic E-state index is 12.6. The number of hydrogen-bond acceptors (Lipinski definition) is 5. The number of carbonyl (C=O) groups excluding carboxylic acids is 2. The number of rotatable bonds is 6. The molecule has 1 heterocycles. The average Bonchev–Trinajstić information content (AvgIpc) is 2.76. The Bertz CT molecular complexity index is 1050. The fourth-order valence-electron chi connectivity index (χ4n) is 3.11. The Morgan fingerprint density at radius 3 is 2.39 bits per heavy atom. The molecule has 1 aliphatic heterocycles. The van der Waals surface area contributed by atoms with Crippen LogP contribution >= 0.6 is 11.6 Å². The van der Waals surface area contributed by atoms with E-state index in [-0.39, 0.29) is 11.4 Å². The number of benzene rings is 2. The van der Waals surface area contributed by atoms with E-state index in [9.17, 15) is 18.0 Å². The number of aryl methyl sites for hydroxylation is 1. The van der Waals surface area contributed by atoms with E-state index in [0.717, 1.165) is 11.1 Å². The maximum atomic E-state index is 12.6. The molecule has 2 amide bonds. The van der Waals surface area contributed by atoms with E-state index < -0.39 is 21.8 Å². The smallest absolute Gasteiger partial charge is 0.313 e. The van der Waals surface area contributed by atoms with Gasteiger partial charge in [0.25, 0.3) is 0 Å². The number of amides is 2. The fourth-order valence-corrected chi connectivity index (χ4v) is 4.75. The molecule has 166 valence electrons. The number of sulfonamides is 1. The van der Waals surface area contributed by atoms with Crippen LogP contribution in [0.5, 0.6) is 0 Å². The van der Waals surface area contributed by atoms with Gasteiger partial charge in [-0.25, -0.2) is 8.42 Å². The molecule has 0 radical (unpaired) electrons. The van der Waals surface area contributed by atoms with Crippen LogP contribution in [0.4, 0.5) is 5.69 Å². The molecule has 31 heavy (non-hydrogen) atoms. The van der Waals surface area contributed by atoms with Crippen LogP contribution in [0.15, 0.2) is 47.4 Å². The predicted octanol–water partition coefficient (Wildman–Crippen LogP) is 1.97. The molecule has 2 aromatic carbocycles. The molecule has 0 atom stereocenters. The van der Waals surface area contributed by atoms with Crippen LogP contribution in [-0.2, 0) is 30.8 Å². The van der Waals surface area contributed by atoms with Gasteiger partial charge in [0.15, 0.2) is 0 Å². The lowest BCUT2D eigenvalue weighted by molar-refractivity contribution is -0.136. The number of nitrogens with zero attached hydrogens (tertiary/aromatic N) is 1. The lowest BCUT2D eigenvalue weighted by Gasteiger charge is -2.26. The molecular weight excluding hydrogens is 442 g/mol. The van der Waals surface area contributed by atoms with Crippen LogP contribution in [0.3, 0.4) is 0 Å². The monoisotopic (exact) mass is 465 g/mol. The first-order valence-electron chi connectivity index (χ1n) is 9.79. The highest BCUT2D eigenvalue weighted by Crippen LogP contribution is 2.20. The summed E-state index contributed by atoms with van der Waals surface area (Å²) in [5, 5.41) is 5.66. The molecule has 8 nitrogen and oxygen atoms in total. The van der Waals surface area contributed by atoms with Crippen LogP contribution in [0, 0.1) is 6.92 Å². The number of carbonyl (C=O) groups is 2. The second kappa shape index (κ2) is 10.2. The third-order valence-electron chi connectivity index (χ3n) is 4.87. The molecule has 1 saturated heterocycles. The van der Waals surface area contributed by atoms with E-state index in [2.05, 4.69) is 10.6 Å². The lowest BCUT2D eigenvalue weighted by Crippen LogP contribution is -2.40. The number of hydrogen-bond donors (Lipinski definition) is 2. The molecule has 1 aliphatic rings. The molecule has 10 heteroatoms. The Morgan fingerprint density at radius 2 is 1.74 bits per heavy atom. The van der Waals surface area contributed by atoms with Gasteiger partial charge in [-0.05, 0) is 54.8 Å². The molecule has 0 unspecified atom stereocenters. The topological polar surface area (TPSA) is 105 Å². The van der Waals surface area contributed by atoms with Gasteiger partial charge in [-0.15, -0.1) is 0 Å². The Labute approximate surface area is 186 Å². The van der Waals surface area contributed by atoms with Crippen molar-refractivity contribution < 1.29 is 22.7 Å². The summed E-state index contributed by atoms with van der Waals surface area (Å²) in [6.07, 6.45) is 0.455. The van der Waals surface area contributed by atoms with Crippen molar-refractivity contribution in [2.75, 3.05) is 38.2 Å². The molecule has 0 bridgehead atoms. The van der Waals surface area contributed by atoms with Crippen molar-refractivity contribution in [3.05, 3.63) is 58.6 Å². The van der Waals surface area contributed by atoms with Gasteiger partial charge in [-0.1, -0.05) is 23.7 Å². The van der Waals surface area contributed by atoms with Gasteiger partial charge in [0.05, 0.1) is 18.1 Å². The molecule has 1 fully saturated rings. The Kier molecular flexibility index (Phi) is 7.66. The fraction of sp³-hybridized carbons (Fsp3) is 0.333.